The van der Waals surface area contributed by atoms with Gasteiger partial charge >= 0.3 is 0 Å². The third kappa shape index (κ3) is 2.94. The van der Waals surface area contributed by atoms with Crippen molar-refractivity contribution in [2.45, 2.75) is 6.61 Å². The molecule has 0 amide bonds. The van der Waals surface area contributed by atoms with Gasteiger partial charge in [0.2, 0.25) is 5.88 Å². The van der Waals surface area contributed by atoms with Crippen LogP contribution in [-0.2, 0) is 11.3 Å². The van der Waals surface area contributed by atoms with Crippen LogP contribution >= 0.6 is 11.6 Å². The Hall–Kier alpha value is -1.72. The summed E-state index contributed by atoms with van der Waals surface area (Å²) >= 11 is 5.96. The lowest BCUT2D eigenvalue weighted by molar-refractivity contribution is 0.178. The number of halogens is 1. The van der Waals surface area contributed by atoms with Gasteiger partial charge in [-0.25, -0.2) is 15.0 Å². The topological polar surface area (TPSA) is 57.1 Å². The van der Waals surface area contributed by atoms with E-state index in [0.717, 1.165) is 5.56 Å². The van der Waals surface area contributed by atoms with E-state index in [9.17, 15) is 0 Å². The smallest absolute Gasteiger partial charge is 0.213 e. The molecule has 2 heterocycles. The highest BCUT2D eigenvalue weighted by molar-refractivity contribution is 6.29. The summed E-state index contributed by atoms with van der Waals surface area (Å²) in [6, 6.07) is 5.31. The van der Waals surface area contributed by atoms with Crippen molar-refractivity contribution in [3.63, 3.8) is 0 Å². The molecule has 0 unspecified atom stereocenters. The van der Waals surface area contributed by atoms with Gasteiger partial charge < -0.3 is 9.47 Å². The van der Waals surface area contributed by atoms with Gasteiger partial charge in [-0.15, -0.1) is 0 Å². The van der Waals surface area contributed by atoms with Gasteiger partial charge in [0.15, 0.2) is 5.82 Å². The molecule has 2 aromatic heterocycles. The van der Waals surface area contributed by atoms with E-state index >= 15 is 0 Å². The molecule has 0 aliphatic heterocycles. The van der Waals surface area contributed by atoms with Crippen molar-refractivity contribution in [2.75, 3.05) is 14.2 Å². The first kappa shape index (κ1) is 12.7. The first-order chi connectivity index (χ1) is 8.72. The second-order valence-electron chi connectivity index (χ2n) is 3.51. The molecular weight excluding hydrogens is 254 g/mol. The van der Waals surface area contributed by atoms with Gasteiger partial charge in [-0.3, -0.25) is 0 Å². The lowest BCUT2D eigenvalue weighted by atomic mass is 10.2. The molecule has 94 valence electrons. The third-order valence-corrected chi connectivity index (χ3v) is 2.45. The van der Waals surface area contributed by atoms with Crippen molar-refractivity contribution in [2.24, 2.45) is 0 Å². The second kappa shape index (κ2) is 5.75. The van der Waals surface area contributed by atoms with Crippen LogP contribution in [-0.4, -0.2) is 29.2 Å². The highest BCUT2D eigenvalue weighted by atomic mass is 35.5. The lowest BCUT2D eigenvalue weighted by Crippen LogP contribution is -1.99. The van der Waals surface area contributed by atoms with Crippen LogP contribution in [0.3, 0.4) is 0 Å². The van der Waals surface area contributed by atoms with E-state index in [1.165, 1.54) is 0 Å². The molecule has 0 saturated heterocycles. The largest absolute Gasteiger partial charge is 0.481 e. The van der Waals surface area contributed by atoms with Crippen LogP contribution in [0.1, 0.15) is 5.82 Å². The van der Waals surface area contributed by atoms with Crippen molar-refractivity contribution in [1.82, 2.24) is 15.0 Å². The van der Waals surface area contributed by atoms with Crippen molar-refractivity contribution >= 4 is 11.6 Å². The summed E-state index contributed by atoms with van der Waals surface area (Å²) in [5.41, 5.74) is 1.58. The van der Waals surface area contributed by atoms with Crippen LogP contribution in [0.4, 0.5) is 0 Å². The molecule has 6 heteroatoms. The van der Waals surface area contributed by atoms with E-state index < -0.39 is 0 Å². The highest BCUT2D eigenvalue weighted by Crippen LogP contribution is 2.22. The third-order valence-electron chi connectivity index (χ3n) is 2.25. The second-order valence-corrected chi connectivity index (χ2v) is 3.90. The average Bonchev–Trinajstić information content (AvgIpc) is 2.38. The van der Waals surface area contributed by atoms with Crippen LogP contribution in [0, 0.1) is 0 Å². The molecular formula is C12H12ClN3O2. The molecule has 0 aliphatic carbocycles. The molecule has 2 aromatic rings. The van der Waals surface area contributed by atoms with Crippen LogP contribution in [0.5, 0.6) is 5.88 Å². The fraction of sp³-hybridized carbons (Fsp3) is 0.250. The van der Waals surface area contributed by atoms with E-state index in [4.69, 9.17) is 21.1 Å². The molecule has 0 atom stereocenters. The number of nitrogens with zero attached hydrogens (tertiary/aromatic N) is 3. The Bertz CT molecular complexity index is 549. The predicted molar refractivity (Wildman–Crippen MR) is 67.5 cm³/mol. The number of hydrogen-bond donors (Lipinski definition) is 0. The zero-order valence-corrected chi connectivity index (χ0v) is 10.8. The average molecular weight is 266 g/mol. The molecule has 0 radical (unpaired) electrons. The number of hydrogen-bond acceptors (Lipinski definition) is 5. The standard InChI is InChI=1S/C12H12ClN3O2/c1-17-7-11-15-9(6-10(13)16-11)8-3-4-14-12(5-8)18-2/h3-6H,7H2,1-2H3. The van der Waals surface area contributed by atoms with Gasteiger partial charge in [0.25, 0.3) is 0 Å². The van der Waals surface area contributed by atoms with E-state index in [1.807, 2.05) is 6.07 Å². The van der Waals surface area contributed by atoms with Gasteiger partial charge in [0, 0.05) is 31.0 Å². The summed E-state index contributed by atoms with van der Waals surface area (Å²) in [7, 11) is 3.15. The minimum Gasteiger partial charge on any atom is -0.481 e. The Balaban J connectivity index is 2.42. The van der Waals surface area contributed by atoms with Gasteiger partial charge in [0.05, 0.1) is 12.8 Å². The van der Waals surface area contributed by atoms with Crippen LogP contribution in [0.25, 0.3) is 11.3 Å². The molecule has 0 N–H and O–H groups in total. The molecule has 0 spiro atoms. The van der Waals surface area contributed by atoms with Crippen LogP contribution < -0.4 is 4.74 Å². The lowest BCUT2D eigenvalue weighted by Gasteiger charge is -2.06. The van der Waals surface area contributed by atoms with Gasteiger partial charge in [-0.2, -0.15) is 0 Å². The van der Waals surface area contributed by atoms with Gasteiger partial charge in [-0.1, -0.05) is 11.6 Å². The molecule has 0 saturated carbocycles. The van der Waals surface area contributed by atoms with Crippen molar-refractivity contribution in [3.8, 4) is 17.1 Å². The zero-order valence-electron chi connectivity index (χ0n) is 10.1. The Morgan fingerprint density at radius 1 is 1.22 bits per heavy atom. The normalized spacial score (nSPS) is 10.4. The van der Waals surface area contributed by atoms with Crippen LogP contribution in [0.2, 0.25) is 5.15 Å². The summed E-state index contributed by atoms with van der Waals surface area (Å²) in [4.78, 5) is 12.5. The summed E-state index contributed by atoms with van der Waals surface area (Å²) in [6.45, 7) is 0.315. The number of rotatable bonds is 4. The Morgan fingerprint density at radius 3 is 2.78 bits per heavy atom. The molecule has 0 aliphatic rings. The monoisotopic (exact) mass is 265 g/mol. The minimum absolute atomic E-state index is 0.315. The minimum atomic E-state index is 0.315. The maximum Gasteiger partial charge on any atom is 0.213 e. The molecule has 5 nitrogen and oxygen atoms in total. The Morgan fingerprint density at radius 2 is 2.06 bits per heavy atom. The first-order valence-electron chi connectivity index (χ1n) is 5.25. The number of ether oxygens (including phenoxy) is 2. The number of aromatic nitrogens is 3. The molecule has 2 rings (SSSR count). The quantitative estimate of drug-likeness (QED) is 0.794. The predicted octanol–water partition coefficient (Wildman–Crippen LogP) is 2.35. The maximum absolute atomic E-state index is 5.96. The fourth-order valence-electron chi connectivity index (χ4n) is 1.49. The summed E-state index contributed by atoms with van der Waals surface area (Å²) < 4.78 is 10.1. The van der Waals surface area contributed by atoms with E-state index in [1.54, 1.807) is 32.5 Å². The van der Waals surface area contributed by atoms with Crippen LogP contribution in [0.15, 0.2) is 24.4 Å². The zero-order chi connectivity index (χ0) is 13.0. The molecule has 18 heavy (non-hydrogen) atoms. The highest BCUT2D eigenvalue weighted by Gasteiger charge is 2.07. The summed E-state index contributed by atoms with van der Waals surface area (Å²) in [5, 5.41) is 0.378. The molecule has 0 fully saturated rings. The van der Waals surface area contributed by atoms with E-state index in [-0.39, 0.29) is 0 Å². The van der Waals surface area contributed by atoms with Gasteiger partial charge in [0.1, 0.15) is 11.8 Å². The SMILES string of the molecule is COCc1nc(Cl)cc(-c2ccnc(OC)c2)n1. The van der Waals surface area contributed by atoms with Crippen molar-refractivity contribution in [3.05, 3.63) is 35.4 Å². The Kier molecular flexibility index (Phi) is 4.07. The number of methoxy groups -OCH3 is 2. The summed E-state index contributed by atoms with van der Waals surface area (Å²) in [5.74, 6) is 1.06. The van der Waals surface area contributed by atoms with Gasteiger partial charge in [-0.05, 0) is 6.07 Å². The van der Waals surface area contributed by atoms with Crippen molar-refractivity contribution < 1.29 is 9.47 Å². The molecule has 0 bridgehead atoms. The first-order valence-corrected chi connectivity index (χ1v) is 5.63. The van der Waals surface area contributed by atoms with E-state index in [0.29, 0.717) is 29.2 Å². The van der Waals surface area contributed by atoms with Crippen molar-refractivity contribution in [1.29, 1.82) is 0 Å². The maximum atomic E-state index is 5.96. The molecule has 0 aromatic carbocycles. The summed E-state index contributed by atoms with van der Waals surface area (Å²) in [6.07, 6.45) is 1.65. The Labute approximate surface area is 110 Å². The fourth-order valence-corrected chi connectivity index (χ4v) is 1.69. The number of pyridine rings is 1. The van der Waals surface area contributed by atoms with E-state index in [2.05, 4.69) is 15.0 Å².